The van der Waals surface area contributed by atoms with E-state index in [4.69, 9.17) is 14.5 Å². The standard InChI is InChI=1S/C23H19N3O2/c1-15-22(16-8-3-2-4-9-16)23-24-18(17-10-5-6-11-20(17)27)14-19(26(23)25-15)21-12-7-13-28-21/h2-13,19,27H,14H2,1H3/t19-/m0/s1. The van der Waals surface area contributed by atoms with Crippen molar-refractivity contribution in [2.75, 3.05) is 0 Å². The van der Waals surface area contributed by atoms with Crippen molar-refractivity contribution in [2.45, 2.75) is 19.4 Å². The number of aryl methyl sites for hydroxylation is 1. The number of furan rings is 1. The minimum absolute atomic E-state index is 0.117. The third-order valence-electron chi connectivity index (χ3n) is 5.13. The summed E-state index contributed by atoms with van der Waals surface area (Å²) in [4.78, 5) is 4.95. The molecule has 0 unspecified atom stereocenters. The summed E-state index contributed by atoms with van der Waals surface area (Å²) in [5.41, 5.74) is 4.55. The van der Waals surface area contributed by atoms with Gasteiger partial charge in [0, 0.05) is 17.5 Å². The molecule has 2 aromatic carbocycles. The first-order valence-corrected chi connectivity index (χ1v) is 9.26. The molecule has 1 aliphatic rings. The maximum absolute atomic E-state index is 10.4. The molecule has 5 nitrogen and oxygen atoms in total. The molecule has 4 aromatic rings. The van der Waals surface area contributed by atoms with Crippen molar-refractivity contribution in [3.63, 3.8) is 0 Å². The van der Waals surface area contributed by atoms with Gasteiger partial charge in [0.1, 0.15) is 17.6 Å². The minimum Gasteiger partial charge on any atom is -0.507 e. The van der Waals surface area contributed by atoms with Gasteiger partial charge in [-0.15, -0.1) is 0 Å². The van der Waals surface area contributed by atoms with Gasteiger partial charge in [0.15, 0.2) is 5.82 Å². The van der Waals surface area contributed by atoms with Crippen molar-refractivity contribution < 1.29 is 9.52 Å². The number of rotatable bonds is 3. The third-order valence-corrected chi connectivity index (χ3v) is 5.13. The highest BCUT2D eigenvalue weighted by Crippen LogP contribution is 2.42. The van der Waals surface area contributed by atoms with Crippen LogP contribution in [0.25, 0.3) is 11.1 Å². The lowest BCUT2D eigenvalue weighted by atomic mass is 9.98. The zero-order valence-electron chi connectivity index (χ0n) is 15.4. The number of aromatic nitrogens is 2. The summed E-state index contributed by atoms with van der Waals surface area (Å²) in [6, 6.07) is 21.2. The van der Waals surface area contributed by atoms with Crippen LogP contribution in [-0.4, -0.2) is 20.6 Å². The second-order valence-electron chi connectivity index (χ2n) is 6.91. The molecule has 1 atom stereocenters. The minimum atomic E-state index is -0.117. The molecule has 1 aliphatic heterocycles. The van der Waals surface area contributed by atoms with Gasteiger partial charge in [-0.2, -0.15) is 5.10 Å². The predicted molar refractivity (Wildman–Crippen MR) is 108 cm³/mol. The van der Waals surface area contributed by atoms with E-state index in [0.717, 1.165) is 39.7 Å². The summed E-state index contributed by atoms with van der Waals surface area (Å²) >= 11 is 0. The van der Waals surface area contributed by atoms with Crippen LogP contribution in [0.5, 0.6) is 5.75 Å². The summed E-state index contributed by atoms with van der Waals surface area (Å²) in [5.74, 6) is 1.84. The number of nitrogens with zero attached hydrogens (tertiary/aromatic N) is 3. The molecule has 0 spiro atoms. The Morgan fingerprint density at radius 1 is 1.00 bits per heavy atom. The molecule has 0 fully saturated rings. The SMILES string of the molecule is Cc1nn2c(c1-c1ccccc1)N=C(c1ccccc1O)C[C@H]2c1ccco1. The molecule has 138 valence electrons. The quantitative estimate of drug-likeness (QED) is 0.535. The van der Waals surface area contributed by atoms with E-state index in [2.05, 4.69) is 12.1 Å². The Hall–Kier alpha value is -3.60. The molecule has 5 rings (SSSR count). The first kappa shape index (κ1) is 16.6. The van der Waals surface area contributed by atoms with Crippen molar-refractivity contribution in [1.82, 2.24) is 9.78 Å². The summed E-state index contributed by atoms with van der Waals surface area (Å²) in [7, 11) is 0. The van der Waals surface area contributed by atoms with Crippen LogP contribution in [0, 0.1) is 6.92 Å². The van der Waals surface area contributed by atoms with Crippen LogP contribution in [0.3, 0.4) is 0 Å². The zero-order chi connectivity index (χ0) is 19.1. The summed E-state index contributed by atoms with van der Waals surface area (Å²) in [5, 5.41) is 15.2. The number of aliphatic imine (C=N–C) groups is 1. The molecule has 5 heteroatoms. The van der Waals surface area contributed by atoms with Gasteiger partial charge in [-0.3, -0.25) is 0 Å². The number of para-hydroxylation sites is 1. The molecule has 2 aromatic heterocycles. The summed E-state index contributed by atoms with van der Waals surface area (Å²) in [6.07, 6.45) is 2.27. The largest absolute Gasteiger partial charge is 0.507 e. The Morgan fingerprint density at radius 2 is 1.79 bits per heavy atom. The van der Waals surface area contributed by atoms with Gasteiger partial charge in [-0.25, -0.2) is 9.67 Å². The third kappa shape index (κ3) is 2.63. The molecule has 28 heavy (non-hydrogen) atoms. The number of fused-ring (bicyclic) bond motifs is 1. The van der Waals surface area contributed by atoms with Crippen molar-refractivity contribution >= 4 is 11.5 Å². The predicted octanol–water partition coefficient (Wildman–Crippen LogP) is 5.27. The molecule has 0 bridgehead atoms. The van der Waals surface area contributed by atoms with Crippen molar-refractivity contribution in [2.24, 2.45) is 4.99 Å². The molecule has 1 N–H and O–H groups in total. The van der Waals surface area contributed by atoms with E-state index in [9.17, 15) is 5.11 Å². The number of hydrogen-bond acceptors (Lipinski definition) is 4. The molecular weight excluding hydrogens is 350 g/mol. The van der Waals surface area contributed by atoms with Gasteiger partial charge in [-0.05, 0) is 36.8 Å². The monoisotopic (exact) mass is 369 g/mol. The number of aromatic hydroxyl groups is 1. The Bertz CT molecular complexity index is 1160. The van der Waals surface area contributed by atoms with Crippen LogP contribution in [0.2, 0.25) is 0 Å². The van der Waals surface area contributed by atoms with E-state index in [1.54, 1.807) is 12.3 Å². The molecule has 0 amide bonds. The van der Waals surface area contributed by atoms with E-state index in [-0.39, 0.29) is 11.8 Å². The maximum atomic E-state index is 10.4. The topological polar surface area (TPSA) is 63.5 Å². The highest BCUT2D eigenvalue weighted by atomic mass is 16.3. The molecule has 3 heterocycles. The highest BCUT2D eigenvalue weighted by molar-refractivity contribution is 6.05. The molecule has 0 saturated heterocycles. The molecule has 0 saturated carbocycles. The Morgan fingerprint density at radius 3 is 2.54 bits per heavy atom. The first-order chi connectivity index (χ1) is 13.7. The zero-order valence-corrected chi connectivity index (χ0v) is 15.4. The van der Waals surface area contributed by atoms with Gasteiger partial charge in [0.25, 0.3) is 0 Å². The van der Waals surface area contributed by atoms with Gasteiger partial charge in [0.05, 0.1) is 17.7 Å². The molecular formula is C23H19N3O2. The fourth-order valence-electron chi connectivity index (χ4n) is 3.84. The molecule has 0 radical (unpaired) electrons. The summed E-state index contributed by atoms with van der Waals surface area (Å²) < 4.78 is 7.67. The van der Waals surface area contributed by atoms with Crippen molar-refractivity contribution in [1.29, 1.82) is 0 Å². The van der Waals surface area contributed by atoms with E-state index < -0.39 is 0 Å². The molecule has 0 aliphatic carbocycles. The summed E-state index contributed by atoms with van der Waals surface area (Å²) in [6.45, 7) is 2.00. The van der Waals surface area contributed by atoms with E-state index >= 15 is 0 Å². The lowest BCUT2D eigenvalue weighted by Gasteiger charge is -2.23. The van der Waals surface area contributed by atoms with Crippen molar-refractivity contribution in [3.05, 3.63) is 90.0 Å². The second kappa shape index (κ2) is 6.53. The number of phenolic OH excluding ortho intramolecular Hbond substituents is 1. The number of phenols is 1. The Kier molecular flexibility index (Phi) is 3.86. The van der Waals surface area contributed by atoms with E-state index in [1.165, 1.54) is 0 Å². The second-order valence-corrected chi connectivity index (χ2v) is 6.91. The van der Waals surface area contributed by atoms with Gasteiger partial charge in [0.2, 0.25) is 0 Å². The normalized spacial score (nSPS) is 15.9. The smallest absolute Gasteiger partial charge is 0.159 e. The van der Waals surface area contributed by atoms with Crippen LogP contribution in [0.1, 0.15) is 29.5 Å². The van der Waals surface area contributed by atoms with E-state index in [0.29, 0.717) is 6.42 Å². The van der Waals surface area contributed by atoms with E-state index in [1.807, 2.05) is 60.1 Å². The number of hydrogen-bond donors (Lipinski definition) is 1. The lowest BCUT2D eigenvalue weighted by molar-refractivity contribution is 0.409. The fraction of sp³-hybridized carbons (Fsp3) is 0.130. The van der Waals surface area contributed by atoms with Crippen LogP contribution in [-0.2, 0) is 0 Å². The van der Waals surface area contributed by atoms with Crippen LogP contribution < -0.4 is 0 Å². The lowest BCUT2D eigenvalue weighted by Crippen LogP contribution is -2.21. The maximum Gasteiger partial charge on any atom is 0.159 e. The average molecular weight is 369 g/mol. The van der Waals surface area contributed by atoms with Crippen molar-refractivity contribution in [3.8, 4) is 16.9 Å². The van der Waals surface area contributed by atoms with Crippen LogP contribution in [0.15, 0.2) is 82.4 Å². The van der Waals surface area contributed by atoms with Gasteiger partial charge >= 0.3 is 0 Å². The number of benzene rings is 2. The van der Waals surface area contributed by atoms with Gasteiger partial charge in [-0.1, -0.05) is 42.5 Å². The highest BCUT2D eigenvalue weighted by Gasteiger charge is 2.31. The Labute approximate surface area is 162 Å². The first-order valence-electron chi connectivity index (χ1n) is 9.26. The van der Waals surface area contributed by atoms with Crippen LogP contribution in [0.4, 0.5) is 5.82 Å². The van der Waals surface area contributed by atoms with Crippen LogP contribution >= 0.6 is 0 Å². The average Bonchev–Trinajstić information content (AvgIpc) is 3.35. The fourth-order valence-corrected chi connectivity index (χ4v) is 3.84. The van der Waals surface area contributed by atoms with Gasteiger partial charge < -0.3 is 9.52 Å². The Balaban J connectivity index is 1.75.